The van der Waals surface area contributed by atoms with Gasteiger partial charge in [0.1, 0.15) is 0 Å². The van der Waals surface area contributed by atoms with Gasteiger partial charge in [-0.3, -0.25) is 0 Å². The number of nitro groups is 1. The quantitative estimate of drug-likeness (QED) is 0.633. The topological polar surface area (TPSA) is 84.4 Å². The summed E-state index contributed by atoms with van der Waals surface area (Å²) < 4.78 is 1.60. The highest BCUT2D eigenvalue weighted by Crippen LogP contribution is 2.19. The monoisotopic (exact) mass is 268 g/mol. The predicted molar refractivity (Wildman–Crippen MR) is 69.7 cm³/mol. The maximum Gasteiger partial charge on any atom is 0.389 e. The van der Waals surface area contributed by atoms with Gasteiger partial charge < -0.3 is 20.1 Å². The third-order valence-corrected chi connectivity index (χ3v) is 3.68. The van der Waals surface area contributed by atoms with E-state index in [9.17, 15) is 15.2 Å². The second kappa shape index (κ2) is 6.12. The van der Waals surface area contributed by atoms with Crippen LogP contribution in [0.2, 0.25) is 0 Å². The molecule has 2 heterocycles. The van der Waals surface area contributed by atoms with Crippen LogP contribution in [-0.4, -0.2) is 50.4 Å². The van der Waals surface area contributed by atoms with Crippen molar-refractivity contribution in [3.63, 3.8) is 0 Å². The number of aromatic nitrogens is 2. The minimum Gasteiger partial charge on any atom is -0.393 e. The number of likely N-dealkylation sites (tertiary alicyclic amines) is 1. The molecule has 2 atom stereocenters. The summed E-state index contributed by atoms with van der Waals surface area (Å²) in [6.07, 6.45) is 3.53. The van der Waals surface area contributed by atoms with E-state index >= 15 is 0 Å². The molecule has 7 heteroatoms. The van der Waals surface area contributed by atoms with Crippen LogP contribution in [-0.2, 0) is 6.54 Å². The van der Waals surface area contributed by atoms with Crippen molar-refractivity contribution in [1.29, 1.82) is 0 Å². The van der Waals surface area contributed by atoms with Gasteiger partial charge in [-0.25, -0.2) is 0 Å². The SMILES string of the molecule is CC(O)C1CCCN(CCn2ccc([N+](=O)[O-])n2)C1. The standard InChI is InChI=1S/C12H20N4O3/c1-10(17)11-3-2-5-14(9-11)7-8-15-6-4-12(13-15)16(18)19/h4,6,10-11,17H,2-3,5,7-9H2,1H3. The average molecular weight is 268 g/mol. The summed E-state index contributed by atoms with van der Waals surface area (Å²) in [5, 5.41) is 24.0. The Balaban J connectivity index is 1.82. The van der Waals surface area contributed by atoms with Crippen LogP contribution in [0.25, 0.3) is 0 Å². The Bertz CT molecular complexity index is 432. The second-order valence-corrected chi connectivity index (χ2v) is 5.14. The molecule has 1 aromatic rings. The maximum absolute atomic E-state index is 10.5. The van der Waals surface area contributed by atoms with Gasteiger partial charge in [0.25, 0.3) is 0 Å². The molecule has 0 aromatic carbocycles. The Hall–Kier alpha value is -1.47. The zero-order valence-corrected chi connectivity index (χ0v) is 11.1. The fourth-order valence-electron chi connectivity index (χ4n) is 2.50. The van der Waals surface area contributed by atoms with Gasteiger partial charge in [0, 0.05) is 13.1 Å². The molecule has 0 bridgehead atoms. The molecule has 2 rings (SSSR count). The van der Waals surface area contributed by atoms with E-state index in [1.54, 1.807) is 10.9 Å². The second-order valence-electron chi connectivity index (χ2n) is 5.14. The van der Waals surface area contributed by atoms with Crippen molar-refractivity contribution < 1.29 is 10.0 Å². The Morgan fingerprint density at radius 1 is 1.63 bits per heavy atom. The summed E-state index contributed by atoms with van der Waals surface area (Å²) in [4.78, 5) is 12.3. The van der Waals surface area contributed by atoms with Gasteiger partial charge in [-0.15, -0.1) is 0 Å². The lowest BCUT2D eigenvalue weighted by Gasteiger charge is -2.33. The highest BCUT2D eigenvalue weighted by molar-refractivity contribution is 5.13. The average Bonchev–Trinajstić information content (AvgIpc) is 2.85. The molecule has 1 aliphatic heterocycles. The van der Waals surface area contributed by atoms with Crippen molar-refractivity contribution in [2.75, 3.05) is 19.6 Å². The predicted octanol–water partition coefficient (Wildman–Crippen LogP) is 0.884. The number of hydrogen-bond acceptors (Lipinski definition) is 5. The lowest BCUT2D eigenvalue weighted by molar-refractivity contribution is -0.389. The number of nitrogens with zero attached hydrogens (tertiary/aromatic N) is 4. The van der Waals surface area contributed by atoms with Crippen molar-refractivity contribution in [3.8, 4) is 0 Å². The molecular formula is C12H20N4O3. The van der Waals surface area contributed by atoms with Gasteiger partial charge in [0.2, 0.25) is 0 Å². The molecule has 0 amide bonds. The largest absolute Gasteiger partial charge is 0.393 e. The van der Waals surface area contributed by atoms with Crippen molar-refractivity contribution in [2.24, 2.45) is 5.92 Å². The van der Waals surface area contributed by atoms with Crippen molar-refractivity contribution in [1.82, 2.24) is 14.7 Å². The summed E-state index contributed by atoms with van der Waals surface area (Å²) in [6.45, 7) is 5.20. The molecule has 0 radical (unpaired) electrons. The van der Waals surface area contributed by atoms with Gasteiger partial charge in [-0.05, 0) is 37.2 Å². The third kappa shape index (κ3) is 3.74. The Kier molecular flexibility index (Phi) is 4.49. The molecule has 0 saturated carbocycles. The summed E-state index contributed by atoms with van der Waals surface area (Å²) in [6, 6.07) is 1.41. The highest BCUT2D eigenvalue weighted by Gasteiger charge is 2.23. The van der Waals surface area contributed by atoms with Crippen molar-refractivity contribution in [2.45, 2.75) is 32.4 Å². The molecular weight excluding hydrogens is 248 g/mol. The molecule has 106 valence electrons. The van der Waals surface area contributed by atoms with Crippen molar-refractivity contribution in [3.05, 3.63) is 22.4 Å². The van der Waals surface area contributed by atoms with Crippen LogP contribution in [0.3, 0.4) is 0 Å². The van der Waals surface area contributed by atoms with Crippen LogP contribution in [0.5, 0.6) is 0 Å². The minimum absolute atomic E-state index is 0.111. The fourth-order valence-corrected chi connectivity index (χ4v) is 2.50. The minimum atomic E-state index is -0.485. The Morgan fingerprint density at radius 2 is 2.42 bits per heavy atom. The van der Waals surface area contributed by atoms with Gasteiger partial charge >= 0.3 is 5.82 Å². The van der Waals surface area contributed by atoms with Crippen LogP contribution < -0.4 is 0 Å². The van der Waals surface area contributed by atoms with Gasteiger partial charge in [-0.1, -0.05) is 0 Å². The van der Waals surface area contributed by atoms with E-state index in [0.717, 1.165) is 32.5 Å². The number of aliphatic hydroxyl groups excluding tert-OH is 1. The first-order valence-electron chi connectivity index (χ1n) is 6.64. The smallest absolute Gasteiger partial charge is 0.389 e. The molecule has 1 N–H and O–H groups in total. The molecule has 1 fully saturated rings. The van der Waals surface area contributed by atoms with Crippen LogP contribution in [0.4, 0.5) is 5.82 Å². The van der Waals surface area contributed by atoms with Gasteiger partial charge in [0.05, 0.1) is 30.0 Å². The summed E-state index contributed by atoms with van der Waals surface area (Å²) in [5.41, 5.74) is 0. The fraction of sp³-hybridized carbons (Fsp3) is 0.750. The molecule has 19 heavy (non-hydrogen) atoms. The molecule has 0 aliphatic carbocycles. The van der Waals surface area contributed by atoms with E-state index in [1.807, 2.05) is 6.92 Å². The molecule has 2 unspecified atom stereocenters. The van der Waals surface area contributed by atoms with Gasteiger partial charge in [0.15, 0.2) is 0 Å². The van der Waals surface area contributed by atoms with Crippen LogP contribution >= 0.6 is 0 Å². The van der Waals surface area contributed by atoms with E-state index in [2.05, 4.69) is 10.00 Å². The first-order chi connectivity index (χ1) is 9.06. The normalized spacial score (nSPS) is 22.3. The first-order valence-corrected chi connectivity index (χ1v) is 6.64. The third-order valence-electron chi connectivity index (χ3n) is 3.68. The highest BCUT2D eigenvalue weighted by atomic mass is 16.6. The van der Waals surface area contributed by atoms with Crippen molar-refractivity contribution >= 4 is 5.82 Å². The van der Waals surface area contributed by atoms with Crippen LogP contribution in [0.15, 0.2) is 12.3 Å². The number of hydrogen-bond donors (Lipinski definition) is 1. The molecule has 1 aromatic heterocycles. The molecule has 7 nitrogen and oxygen atoms in total. The molecule has 1 saturated heterocycles. The summed E-state index contributed by atoms with van der Waals surface area (Å²) in [7, 11) is 0. The summed E-state index contributed by atoms with van der Waals surface area (Å²) in [5.74, 6) is 0.223. The van der Waals surface area contributed by atoms with E-state index in [-0.39, 0.29) is 11.9 Å². The summed E-state index contributed by atoms with van der Waals surface area (Å²) >= 11 is 0. The maximum atomic E-state index is 10.5. The number of rotatable bonds is 5. The van der Waals surface area contributed by atoms with E-state index in [4.69, 9.17) is 0 Å². The first kappa shape index (κ1) is 14.0. The lowest BCUT2D eigenvalue weighted by atomic mass is 9.93. The Morgan fingerprint density at radius 3 is 3.05 bits per heavy atom. The molecule has 0 spiro atoms. The van der Waals surface area contributed by atoms with Crippen LogP contribution in [0.1, 0.15) is 19.8 Å². The number of aliphatic hydroxyl groups is 1. The zero-order valence-electron chi connectivity index (χ0n) is 11.1. The van der Waals surface area contributed by atoms with E-state index in [0.29, 0.717) is 12.5 Å². The van der Waals surface area contributed by atoms with Crippen LogP contribution in [0, 0.1) is 16.0 Å². The zero-order chi connectivity index (χ0) is 13.8. The van der Waals surface area contributed by atoms with Gasteiger partial charge in [-0.2, -0.15) is 4.68 Å². The number of piperidine rings is 1. The lowest BCUT2D eigenvalue weighted by Crippen LogP contribution is -2.40. The Labute approximate surface area is 112 Å². The molecule has 1 aliphatic rings. The van der Waals surface area contributed by atoms with E-state index in [1.165, 1.54) is 6.07 Å². The van der Waals surface area contributed by atoms with E-state index < -0.39 is 4.92 Å².